The van der Waals surface area contributed by atoms with Crippen LogP contribution >= 0.6 is 0 Å². The topological polar surface area (TPSA) is 44.8 Å². The Morgan fingerprint density at radius 3 is 2.63 bits per heavy atom. The van der Waals surface area contributed by atoms with E-state index in [0.717, 1.165) is 39.0 Å². The van der Waals surface area contributed by atoms with Gasteiger partial charge in [-0.1, -0.05) is 0 Å². The molecule has 0 saturated carbocycles. The maximum atomic E-state index is 12.0. The molecule has 0 unspecified atom stereocenters. The molecule has 110 valence electrons. The van der Waals surface area contributed by atoms with Gasteiger partial charge in [-0.05, 0) is 33.7 Å². The van der Waals surface area contributed by atoms with Gasteiger partial charge in [0.05, 0.1) is 18.8 Å². The summed E-state index contributed by atoms with van der Waals surface area (Å²) in [6.45, 7) is 8.58. The molecule has 2 aliphatic rings. The zero-order valence-electron chi connectivity index (χ0n) is 12.4. The average molecular weight is 269 g/mol. The van der Waals surface area contributed by atoms with Crippen LogP contribution < -0.4 is 5.32 Å². The zero-order valence-corrected chi connectivity index (χ0v) is 12.4. The first kappa shape index (κ1) is 14.8. The first-order valence-electron chi connectivity index (χ1n) is 7.42. The zero-order chi connectivity index (χ0) is 13.8. The number of nitrogens with one attached hydrogen (secondary N) is 1. The number of likely N-dealkylation sites (N-methyl/N-ethyl adjacent to an activating group) is 1. The molecule has 2 saturated heterocycles. The summed E-state index contributed by atoms with van der Waals surface area (Å²) in [7, 11) is 1.83. The van der Waals surface area contributed by atoms with Gasteiger partial charge in [-0.3, -0.25) is 9.69 Å². The van der Waals surface area contributed by atoms with Crippen molar-refractivity contribution in [2.24, 2.45) is 0 Å². The van der Waals surface area contributed by atoms with E-state index in [2.05, 4.69) is 29.0 Å². The number of hydrogen-bond acceptors (Lipinski definition) is 4. The lowest BCUT2D eigenvalue weighted by Gasteiger charge is -2.38. The molecular weight excluding hydrogens is 242 g/mol. The largest absolute Gasteiger partial charge is 0.373 e. The smallest absolute Gasteiger partial charge is 0.236 e. The normalized spacial score (nSPS) is 32.8. The second-order valence-corrected chi connectivity index (χ2v) is 5.89. The van der Waals surface area contributed by atoms with Crippen molar-refractivity contribution in [2.75, 3.05) is 39.8 Å². The Kier molecular flexibility index (Phi) is 5.19. The maximum Gasteiger partial charge on any atom is 0.236 e. The summed E-state index contributed by atoms with van der Waals surface area (Å²) >= 11 is 0. The van der Waals surface area contributed by atoms with Crippen molar-refractivity contribution < 1.29 is 9.53 Å². The molecule has 2 aliphatic heterocycles. The summed E-state index contributed by atoms with van der Waals surface area (Å²) in [5.41, 5.74) is 0. The predicted octanol–water partition coefficient (Wildman–Crippen LogP) is 0.306. The molecule has 5 nitrogen and oxygen atoms in total. The Morgan fingerprint density at radius 2 is 2.00 bits per heavy atom. The number of amides is 1. The molecule has 0 spiro atoms. The maximum absolute atomic E-state index is 12.0. The van der Waals surface area contributed by atoms with Gasteiger partial charge in [0.15, 0.2) is 0 Å². The molecule has 1 amide bonds. The van der Waals surface area contributed by atoms with Crippen molar-refractivity contribution in [3.63, 3.8) is 0 Å². The van der Waals surface area contributed by atoms with Crippen molar-refractivity contribution in [3.8, 4) is 0 Å². The van der Waals surface area contributed by atoms with E-state index in [1.54, 1.807) is 0 Å². The minimum absolute atomic E-state index is 0.236. The number of likely N-dealkylation sites (tertiary alicyclic amines) is 1. The van der Waals surface area contributed by atoms with E-state index in [1.165, 1.54) is 0 Å². The summed E-state index contributed by atoms with van der Waals surface area (Å²) in [4.78, 5) is 16.6. The SMILES string of the molecule is CNCC(=O)N1CCC[C@@H]1CN1C[C@@H](C)O[C@H](C)C1. The summed E-state index contributed by atoms with van der Waals surface area (Å²) < 4.78 is 5.76. The van der Waals surface area contributed by atoms with Gasteiger partial charge in [-0.25, -0.2) is 0 Å². The Bertz CT molecular complexity index is 301. The van der Waals surface area contributed by atoms with Crippen LogP contribution in [0.4, 0.5) is 0 Å². The molecule has 5 heteroatoms. The fourth-order valence-electron chi connectivity index (χ4n) is 3.34. The van der Waals surface area contributed by atoms with Crippen LogP contribution in [0.15, 0.2) is 0 Å². The number of hydrogen-bond donors (Lipinski definition) is 1. The minimum atomic E-state index is 0.236. The Labute approximate surface area is 116 Å². The second-order valence-electron chi connectivity index (χ2n) is 5.89. The van der Waals surface area contributed by atoms with Crippen molar-refractivity contribution in [1.82, 2.24) is 15.1 Å². The number of nitrogens with zero attached hydrogens (tertiary/aromatic N) is 2. The van der Waals surface area contributed by atoms with Crippen molar-refractivity contribution in [2.45, 2.75) is 44.9 Å². The fraction of sp³-hybridized carbons (Fsp3) is 0.929. The van der Waals surface area contributed by atoms with Crippen LogP contribution in [-0.4, -0.2) is 73.7 Å². The molecule has 0 radical (unpaired) electrons. The summed E-state index contributed by atoms with van der Waals surface area (Å²) in [5, 5.41) is 2.96. The lowest BCUT2D eigenvalue weighted by molar-refractivity contribution is -0.131. The highest BCUT2D eigenvalue weighted by atomic mass is 16.5. The van der Waals surface area contributed by atoms with Crippen LogP contribution in [0, 0.1) is 0 Å². The number of carbonyl (C=O) groups excluding carboxylic acids is 1. The lowest BCUT2D eigenvalue weighted by atomic mass is 10.1. The van der Waals surface area contributed by atoms with Crippen LogP contribution in [0.3, 0.4) is 0 Å². The molecule has 0 aliphatic carbocycles. The Morgan fingerprint density at radius 1 is 1.32 bits per heavy atom. The van der Waals surface area contributed by atoms with Gasteiger partial charge < -0.3 is 15.0 Å². The first-order chi connectivity index (χ1) is 9.10. The molecule has 0 bridgehead atoms. The van der Waals surface area contributed by atoms with E-state index in [-0.39, 0.29) is 5.91 Å². The highest BCUT2D eigenvalue weighted by Crippen LogP contribution is 2.20. The molecule has 3 atom stereocenters. The first-order valence-corrected chi connectivity index (χ1v) is 7.42. The predicted molar refractivity (Wildman–Crippen MR) is 75.1 cm³/mol. The monoisotopic (exact) mass is 269 g/mol. The lowest BCUT2D eigenvalue weighted by Crippen LogP contribution is -2.51. The summed E-state index contributed by atoms with van der Waals surface area (Å²) in [6, 6.07) is 0.387. The number of rotatable bonds is 4. The van der Waals surface area contributed by atoms with E-state index in [1.807, 2.05) is 7.05 Å². The van der Waals surface area contributed by atoms with Crippen LogP contribution in [-0.2, 0) is 9.53 Å². The van der Waals surface area contributed by atoms with Crippen LogP contribution in [0.1, 0.15) is 26.7 Å². The van der Waals surface area contributed by atoms with Crippen LogP contribution in [0.25, 0.3) is 0 Å². The molecule has 1 N–H and O–H groups in total. The second kappa shape index (κ2) is 6.68. The standard InChI is InChI=1S/C14H27N3O2/c1-11-8-16(9-12(2)19-11)10-13-5-4-6-17(13)14(18)7-15-3/h11-13,15H,4-10H2,1-3H3/t11-,12-,13-/m1/s1. The highest BCUT2D eigenvalue weighted by molar-refractivity contribution is 5.78. The van der Waals surface area contributed by atoms with Gasteiger partial charge in [0.2, 0.25) is 5.91 Å². The van der Waals surface area contributed by atoms with Gasteiger partial charge in [-0.15, -0.1) is 0 Å². The third-order valence-corrected chi connectivity index (χ3v) is 3.99. The quantitative estimate of drug-likeness (QED) is 0.797. The molecule has 2 fully saturated rings. The van der Waals surface area contributed by atoms with E-state index < -0.39 is 0 Å². The van der Waals surface area contributed by atoms with E-state index >= 15 is 0 Å². The van der Waals surface area contributed by atoms with E-state index in [4.69, 9.17) is 4.74 Å². The van der Waals surface area contributed by atoms with E-state index in [0.29, 0.717) is 24.8 Å². The fourth-order valence-corrected chi connectivity index (χ4v) is 3.34. The number of ether oxygens (including phenoxy) is 1. The van der Waals surface area contributed by atoms with Gasteiger partial charge in [-0.2, -0.15) is 0 Å². The molecule has 0 aromatic rings. The molecule has 0 aromatic heterocycles. The third-order valence-electron chi connectivity index (χ3n) is 3.99. The molecule has 2 rings (SSSR count). The summed E-state index contributed by atoms with van der Waals surface area (Å²) in [5.74, 6) is 0.236. The number of morpholine rings is 1. The highest BCUT2D eigenvalue weighted by Gasteiger charge is 2.31. The van der Waals surface area contributed by atoms with Gasteiger partial charge in [0.1, 0.15) is 0 Å². The Hall–Kier alpha value is -0.650. The Balaban J connectivity index is 1.88. The van der Waals surface area contributed by atoms with Gasteiger partial charge in [0, 0.05) is 32.2 Å². The summed E-state index contributed by atoms with van der Waals surface area (Å²) in [6.07, 6.45) is 2.86. The molecule has 2 heterocycles. The van der Waals surface area contributed by atoms with Crippen molar-refractivity contribution in [3.05, 3.63) is 0 Å². The third kappa shape index (κ3) is 3.91. The number of carbonyl (C=O) groups is 1. The van der Waals surface area contributed by atoms with Crippen LogP contribution in [0.2, 0.25) is 0 Å². The molecule has 0 aromatic carbocycles. The average Bonchev–Trinajstić information content (AvgIpc) is 2.76. The van der Waals surface area contributed by atoms with Crippen molar-refractivity contribution >= 4 is 5.91 Å². The van der Waals surface area contributed by atoms with Crippen LogP contribution in [0.5, 0.6) is 0 Å². The minimum Gasteiger partial charge on any atom is -0.373 e. The molecular formula is C14H27N3O2. The van der Waals surface area contributed by atoms with Gasteiger partial charge >= 0.3 is 0 Å². The van der Waals surface area contributed by atoms with Crippen molar-refractivity contribution in [1.29, 1.82) is 0 Å². The van der Waals surface area contributed by atoms with E-state index in [9.17, 15) is 4.79 Å². The molecule has 19 heavy (non-hydrogen) atoms. The van der Waals surface area contributed by atoms with Gasteiger partial charge in [0.25, 0.3) is 0 Å².